The molecule has 0 bridgehead atoms. The lowest BCUT2D eigenvalue weighted by atomic mass is 9.81. The second-order valence-corrected chi connectivity index (χ2v) is 14.2. The Hall–Kier alpha value is -6.38. The Kier molecular flexibility index (Phi) is 6.56. The van der Waals surface area contributed by atoms with E-state index in [1.54, 1.807) is 0 Å². The van der Waals surface area contributed by atoms with Crippen LogP contribution in [0.3, 0.4) is 0 Å². The van der Waals surface area contributed by atoms with Crippen molar-refractivity contribution in [1.29, 1.82) is 0 Å². The summed E-state index contributed by atoms with van der Waals surface area (Å²) in [6.45, 7) is 4.75. The Labute approximate surface area is 298 Å². The van der Waals surface area contributed by atoms with Crippen molar-refractivity contribution in [3.63, 3.8) is 0 Å². The molecule has 51 heavy (non-hydrogen) atoms. The first kappa shape index (κ1) is 29.5. The van der Waals surface area contributed by atoms with Gasteiger partial charge in [-0.15, -0.1) is 0 Å². The van der Waals surface area contributed by atoms with Gasteiger partial charge in [0.25, 0.3) is 0 Å². The number of nitrogens with zero attached hydrogens (tertiary/aromatic N) is 2. The van der Waals surface area contributed by atoms with Gasteiger partial charge in [-0.1, -0.05) is 141 Å². The summed E-state index contributed by atoms with van der Waals surface area (Å²) in [5.74, 6) is 0. The van der Waals surface area contributed by atoms with Crippen LogP contribution in [0, 0.1) is 0 Å². The minimum absolute atomic E-state index is 0.166. The van der Waals surface area contributed by atoms with E-state index in [1.165, 1.54) is 77.3 Å². The van der Waals surface area contributed by atoms with Gasteiger partial charge in [0.2, 0.25) is 0 Å². The van der Waals surface area contributed by atoms with Gasteiger partial charge in [0.1, 0.15) is 0 Å². The van der Waals surface area contributed by atoms with Crippen LogP contribution < -0.4 is 4.90 Å². The molecule has 0 unspecified atom stereocenters. The molecule has 9 aromatic rings. The minimum Gasteiger partial charge on any atom is -0.310 e. The summed E-state index contributed by atoms with van der Waals surface area (Å²) in [5.41, 5.74) is 14.8. The smallest absolute Gasteiger partial charge is 0.0541 e. The highest BCUT2D eigenvalue weighted by atomic mass is 15.1. The van der Waals surface area contributed by atoms with Crippen LogP contribution in [-0.4, -0.2) is 4.57 Å². The Morgan fingerprint density at radius 3 is 1.82 bits per heavy atom. The summed E-state index contributed by atoms with van der Waals surface area (Å²) in [4.78, 5) is 2.41. The highest BCUT2D eigenvalue weighted by molar-refractivity contribution is 6.09. The summed E-state index contributed by atoms with van der Waals surface area (Å²) in [5, 5.41) is 5.03. The fourth-order valence-electron chi connectivity index (χ4n) is 8.55. The molecular formula is C49H36N2. The zero-order valence-corrected chi connectivity index (χ0v) is 28.7. The molecule has 0 fully saturated rings. The summed E-state index contributed by atoms with van der Waals surface area (Å²) in [6, 6.07) is 66.5. The maximum absolute atomic E-state index is 2.43. The van der Waals surface area contributed by atoms with Gasteiger partial charge < -0.3 is 9.47 Å². The summed E-state index contributed by atoms with van der Waals surface area (Å²) in [7, 11) is 0. The molecular weight excluding hydrogens is 617 g/mol. The van der Waals surface area contributed by atoms with Crippen LogP contribution in [0.5, 0.6) is 0 Å². The molecule has 1 aromatic heterocycles. The lowest BCUT2D eigenvalue weighted by molar-refractivity contribution is 0.660. The van der Waals surface area contributed by atoms with Crippen molar-refractivity contribution in [2.24, 2.45) is 0 Å². The average molecular weight is 653 g/mol. The predicted molar refractivity (Wildman–Crippen MR) is 216 cm³/mol. The van der Waals surface area contributed by atoms with E-state index in [9.17, 15) is 0 Å². The summed E-state index contributed by atoms with van der Waals surface area (Å²) < 4.78 is 2.39. The van der Waals surface area contributed by atoms with E-state index in [4.69, 9.17) is 0 Å². The van der Waals surface area contributed by atoms with Crippen molar-refractivity contribution in [1.82, 2.24) is 4.57 Å². The van der Waals surface area contributed by atoms with Gasteiger partial charge in [-0.3, -0.25) is 0 Å². The van der Waals surface area contributed by atoms with Crippen LogP contribution in [0.25, 0.3) is 60.5 Å². The zero-order chi connectivity index (χ0) is 34.1. The Morgan fingerprint density at radius 2 is 1.08 bits per heavy atom. The first-order chi connectivity index (χ1) is 25.1. The second-order valence-electron chi connectivity index (χ2n) is 14.2. The second kappa shape index (κ2) is 11.3. The number of benzene rings is 8. The zero-order valence-electron chi connectivity index (χ0n) is 28.7. The molecule has 0 saturated heterocycles. The average Bonchev–Trinajstić information content (AvgIpc) is 3.64. The first-order valence-corrected chi connectivity index (χ1v) is 17.8. The van der Waals surface area contributed by atoms with Crippen LogP contribution in [0.2, 0.25) is 0 Å². The Morgan fingerprint density at radius 1 is 0.451 bits per heavy atom. The normalized spacial score (nSPS) is 13.1. The van der Waals surface area contributed by atoms with Gasteiger partial charge in [0, 0.05) is 38.6 Å². The largest absolute Gasteiger partial charge is 0.310 e. The van der Waals surface area contributed by atoms with Crippen molar-refractivity contribution < 1.29 is 0 Å². The van der Waals surface area contributed by atoms with E-state index in [-0.39, 0.29) is 5.41 Å². The molecule has 8 aromatic carbocycles. The highest BCUT2D eigenvalue weighted by Gasteiger charge is 2.37. The van der Waals surface area contributed by atoms with Crippen molar-refractivity contribution in [3.05, 3.63) is 193 Å². The molecule has 0 N–H and O–H groups in total. The topological polar surface area (TPSA) is 8.17 Å². The molecule has 0 amide bonds. The number of aromatic nitrogens is 1. The molecule has 2 heteroatoms. The van der Waals surface area contributed by atoms with Gasteiger partial charge >= 0.3 is 0 Å². The Balaban J connectivity index is 1.10. The molecule has 1 aliphatic carbocycles. The van der Waals surface area contributed by atoms with E-state index < -0.39 is 0 Å². The predicted octanol–water partition coefficient (Wildman–Crippen LogP) is 13.4. The number of anilines is 3. The van der Waals surface area contributed by atoms with E-state index in [0.717, 1.165) is 11.4 Å². The molecule has 2 nitrogen and oxygen atoms in total. The van der Waals surface area contributed by atoms with Crippen LogP contribution in [0.15, 0.2) is 182 Å². The highest BCUT2D eigenvalue weighted by Crippen LogP contribution is 2.54. The monoisotopic (exact) mass is 652 g/mol. The SMILES string of the molecule is CC1(C)c2cc(N(c3ccccc3)c3cccc4ccccc34)ccc2-c2c(-c3ccc(-n4c5ccccc5c5ccccc54)cc3)cccc21. The van der Waals surface area contributed by atoms with Gasteiger partial charge in [0.05, 0.1) is 16.7 Å². The minimum atomic E-state index is -0.166. The quantitative estimate of drug-likeness (QED) is 0.180. The van der Waals surface area contributed by atoms with Crippen molar-refractivity contribution >= 4 is 49.6 Å². The molecule has 0 saturated carbocycles. The molecule has 1 heterocycles. The molecule has 242 valence electrons. The maximum atomic E-state index is 2.43. The number of rotatable bonds is 5. The van der Waals surface area contributed by atoms with Gasteiger partial charge in [-0.25, -0.2) is 0 Å². The van der Waals surface area contributed by atoms with E-state index in [2.05, 4.69) is 205 Å². The van der Waals surface area contributed by atoms with Gasteiger partial charge in [-0.05, 0) is 93.4 Å². The third kappa shape index (κ3) is 4.50. The summed E-state index contributed by atoms with van der Waals surface area (Å²) in [6.07, 6.45) is 0. The number of para-hydroxylation sites is 3. The standard InChI is InChI=1S/C49H36N2/c1-49(2)43-22-13-21-39(34-26-28-36(29-27-34)51-46-23-10-8-19-40(46)41-20-9-11-24-47(41)51)48(43)42-31-30-37(32-44(42)49)50(35-16-4-3-5-17-35)45-25-12-15-33-14-6-7-18-38(33)45/h3-32H,1-2H3. The van der Waals surface area contributed by atoms with E-state index in [0.29, 0.717) is 0 Å². The molecule has 10 rings (SSSR count). The third-order valence-electron chi connectivity index (χ3n) is 11.0. The van der Waals surface area contributed by atoms with Crippen molar-refractivity contribution in [2.75, 3.05) is 4.90 Å². The molecule has 0 spiro atoms. The van der Waals surface area contributed by atoms with Crippen LogP contribution in [-0.2, 0) is 5.41 Å². The molecule has 0 aliphatic heterocycles. The number of fused-ring (bicyclic) bond motifs is 7. The lowest BCUT2D eigenvalue weighted by Crippen LogP contribution is -2.16. The van der Waals surface area contributed by atoms with Gasteiger partial charge in [-0.2, -0.15) is 0 Å². The van der Waals surface area contributed by atoms with Crippen LogP contribution in [0.1, 0.15) is 25.0 Å². The van der Waals surface area contributed by atoms with E-state index >= 15 is 0 Å². The van der Waals surface area contributed by atoms with Gasteiger partial charge in [0.15, 0.2) is 0 Å². The summed E-state index contributed by atoms with van der Waals surface area (Å²) >= 11 is 0. The third-order valence-corrected chi connectivity index (χ3v) is 11.0. The van der Waals surface area contributed by atoms with E-state index in [1.807, 2.05) is 0 Å². The maximum Gasteiger partial charge on any atom is 0.0541 e. The van der Waals surface area contributed by atoms with Crippen molar-refractivity contribution in [2.45, 2.75) is 19.3 Å². The molecule has 0 atom stereocenters. The van der Waals surface area contributed by atoms with Crippen LogP contribution in [0.4, 0.5) is 17.1 Å². The Bertz CT molecular complexity index is 2710. The fourth-order valence-corrected chi connectivity index (χ4v) is 8.55. The number of hydrogen-bond acceptors (Lipinski definition) is 1. The number of hydrogen-bond donors (Lipinski definition) is 0. The van der Waals surface area contributed by atoms with Crippen LogP contribution >= 0.6 is 0 Å². The molecule has 0 radical (unpaired) electrons. The lowest BCUT2D eigenvalue weighted by Gasteiger charge is -2.29. The fraction of sp³-hybridized carbons (Fsp3) is 0.0612. The first-order valence-electron chi connectivity index (χ1n) is 17.8. The van der Waals surface area contributed by atoms with Crippen molar-refractivity contribution in [3.8, 4) is 27.9 Å². The molecule has 1 aliphatic rings.